The normalized spacial score (nSPS) is 14.5. The summed E-state index contributed by atoms with van der Waals surface area (Å²) >= 11 is 2.95. The number of fused-ring (bicyclic) bond motifs is 1. The number of H-pyrrole nitrogens is 1. The van der Waals surface area contributed by atoms with Crippen LogP contribution in [0.2, 0.25) is 0 Å². The fourth-order valence-corrected chi connectivity index (χ4v) is 7.91. The first kappa shape index (κ1) is 23.5. The minimum atomic E-state index is -3.62. The molecular weight excluding hydrogens is 485 g/mol. The van der Waals surface area contributed by atoms with Gasteiger partial charge in [-0.1, -0.05) is 32.0 Å². The lowest BCUT2D eigenvalue weighted by Crippen LogP contribution is -2.30. The highest BCUT2D eigenvalue weighted by atomic mass is 32.2. The van der Waals surface area contributed by atoms with E-state index >= 15 is 0 Å². The largest absolute Gasteiger partial charge is 0.351 e. The van der Waals surface area contributed by atoms with Gasteiger partial charge >= 0.3 is 0 Å². The van der Waals surface area contributed by atoms with Crippen LogP contribution in [0.25, 0.3) is 21.6 Å². The third-order valence-electron chi connectivity index (χ3n) is 6.04. The monoisotopic (exact) mass is 514 g/mol. The number of hydrogen-bond donors (Lipinski definition) is 1. The number of hydrogen-bond acceptors (Lipinski definition) is 6. The number of nitrogens with zero attached hydrogens (tertiary/aromatic N) is 3. The average Bonchev–Trinajstić information content (AvgIpc) is 3.20. The summed E-state index contributed by atoms with van der Waals surface area (Å²) in [6.07, 6.45) is 4.58. The summed E-state index contributed by atoms with van der Waals surface area (Å²) in [5.74, 6) is 0.645. The van der Waals surface area contributed by atoms with Crippen LogP contribution >= 0.6 is 22.7 Å². The Kier molecular flexibility index (Phi) is 6.54. The third-order valence-corrected chi connectivity index (χ3v) is 10.3. The Balaban J connectivity index is 1.45. The van der Waals surface area contributed by atoms with Gasteiger partial charge in [0.05, 0.1) is 16.9 Å². The molecule has 0 radical (unpaired) electrons. The quantitative estimate of drug-likeness (QED) is 0.274. The third kappa shape index (κ3) is 4.66. The van der Waals surface area contributed by atoms with E-state index in [9.17, 15) is 8.42 Å². The molecule has 0 amide bonds. The molecule has 0 saturated heterocycles. The van der Waals surface area contributed by atoms with Crippen molar-refractivity contribution >= 4 is 49.3 Å². The van der Waals surface area contributed by atoms with Gasteiger partial charge in [0.15, 0.2) is 0 Å². The topological polar surface area (TPSA) is 69.3 Å². The molecular formula is C25H30N4O2S3. The maximum Gasteiger partial charge on any atom is 0.273 e. The van der Waals surface area contributed by atoms with E-state index in [1.165, 1.54) is 33.4 Å². The van der Waals surface area contributed by atoms with E-state index in [-0.39, 0.29) is 0 Å². The molecule has 0 bridgehead atoms. The van der Waals surface area contributed by atoms with E-state index in [0.29, 0.717) is 28.4 Å². The molecule has 180 valence electrons. The van der Waals surface area contributed by atoms with Crippen molar-refractivity contribution in [2.24, 2.45) is 5.92 Å². The molecule has 0 aliphatic heterocycles. The summed E-state index contributed by atoms with van der Waals surface area (Å²) in [7, 11) is -3.62. The lowest BCUT2D eigenvalue weighted by atomic mass is 10.2. The molecule has 1 aliphatic rings. The van der Waals surface area contributed by atoms with Crippen LogP contribution in [-0.2, 0) is 16.6 Å². The molecule has 9 heteroatoms. The van der Waals surface area contributed by atoms with Crippen molar-refractivity contribution in [3.63, 3.8) is 0 Å². The lowest BCUT2D eigenvalue weighted by Gasteiger charge is -2.23. The molecule has 3 heterocycles. The Morgan fingerprint density at radius 3 is 2.71 bits per heavy atom. The Morgan fingerprint density at radius 2 is 2.03 bits per heavy atom. The van der Waals surface area contributed by atoms with Gasteiger partial charge in [0.1, 0.15) is 9.22 Å². The van der Waals surface area contributed by atoms with Crippen LogP contribution in [0.4, 0.5) is 5.69 Å². The van der Waals surface area contributed by atoms with Crippen molar-refractivity contribution in [1.82, 2.24) is 14.9 Å². The predicted molar refractivity (Wildman–Crippen MR) is 142 cm³/mol. The number of benzene rings is 1. The van der Waals surface area contributed by atoms with Gasteiger partial charge in [0.25, 0.3) is 10.0 Å². The van der Waals surface area contributed by atoms with Crippen molar-refractivity contribution in [3.05, 3.63) is 52.9 Å². The summed E-state index contributed by atoms with van der Waals surface area (Å²) in [4.78, 5) is 12.0. The summed E-state index contributed by atoms with van der Waals surface area (Å²) in [6, 6.07) is 12.0. The zero-order chi connectivity index (χ0) is 23.9. The second kappa shape index (κ2) is 9.45. The summed E-state index contributed by atoms with van der Waals surface area (Å²) in [5.41, 5.74) is 2.40. The van der Waals surface area contributed by atoms with Crippen LogP contribution in [0.1, 0.15) is 38.5 Å². The van der Waals surface area contributed by atoms with Crippen molar-refractivity contribution in [3.8, 4) is 10.7 Å². The molecule has 1 aromatic carbocycles. The number of thiazole rings is 1. The second-order valence-electron chi connectivity index (χ2n) is 9.21. The van der Waals surface area contributed by atoms with E-state index in [1.807, 2.05) is 31.3 Å². The van der Waals surface area contributed by atoms with Crippen molar-refractivity contribution < 1.29 is 8.42 Å². The van der Waals surface area contributed by atoms with Gasteiger partial charge in [0, 0.05) is 42.1 Å². The first-order valence-corrected chi connectivity index (χ1v) is 14.9. The Labute approximate surface area is 209 Å². The van der Waals surface area contributed by atoms with Crippen molar-refractivity contribution in [1.29, 1.82) is 0 Å². The van der Waals surface area contributed by atoms with E-state index < -0.39 is 10.0 Å². The smallest absolute Gasteiger partial charge is 0.273 e. The van der Waals surface area contributed by atoms with E-state index in [2.05, 4.69) is 29.8 Å². The van der Waals surface area contributed by atoms with Crippen LogP contribution in [0.3, 0.4) is 0 Å². The Morgan fingerprint density at radius 1 is 1.21 bits per heavy atom. The van der Waals surface area contributed by atoms with Gasteiger partial charge in [-0.3, -0.25) is 9.21 Å². The van der Waals surface area contributed by atoms with Crippen molar-refractivity contribution in [2.75, 3.05) is 17.4 Å². The van der Waals surface area contributed by atoms with Gasteiger partial charge in [-0.25, -0.2) is 13.4 Å². The number of aromatic amines is 1. The van der Waals surface area contributed by atoms with E-state index in [4.69, 9.17) is 4.98 Å². The molecule has 1 N–H and O–H groups in total. The number of anilines is 1. The Hall–Kier alpha value is -2.20. The van der Waals surface area contributed by atoms with Crippen LogP contribution in [0.15, 0.2) is 52.2 Å². The molecule has 3 aromatic heterocycles. The molecule has 0 unspecified atom stereocenters. The van der Waals surface area contributed by atoms with Gasteiger partial charge < -0.3 is 4.98 Å². The zero-order valence-electron chi connectivity index (χ0n) is 19.7. The first-order chi connectivity index (χ1) is 16.4. The van der Waals surface area contributed by atoms with Crippen LogP contribution in [-0.4, -0.2) is 42.4 Å². The highest BCUT2D eigenvalue weighted by Crippen LogP contribution is 2.36. The van der Waals surface area contributed by atoms with Gasteiger partial charge in [-0.2, -0.15) is 0 Å². The standard InChI is InChI=1S/C25H30N4O2S3/c1-4-29(34(30,31)23-9-6-12-32-23)22-8-5-7-18-13-21(27-24(18)22)25-26-14-20(33-25)16-28(15-17(2)3)19-10-11-19/h5-9,12-14,17,19,27H,4,10-11,15-16H2,1-3H3. The highest BCUT2D eigenvalue weighted by Gasteiger charge is 2.30. The molecule has 1 aliphatic carbocycles. The molecule has 4 aromatic rings. The van der Waals surface area contributed by atoms with Crippen LogP contribution in [0.5, 0.6) is 0 Å². The fraction of sp³-hybridized carbons (Fsp3) is 0.400. The number of sulfonamides is 1. The van der Waals surface area contributed by atoms with E-state index in [0.717, 1.165) is 34.7 Å². The second-order valence-corrected chi connectivity index (χ2v) is 13.4. The van der Waals surface area contributed by atoms with Crippen LogP contribution < -0.4 is 4.31 Å². The fourth-order valence-electron chi connectivity index (χ4n) is 4.41. The summed E-state index contributed by atoms with van der Waals surface area (Å²) < 4.78 is 28.4. The maximum atomic E-state index is 13.3. The van der Waals surface area contributed by atoms with Crippen molar-refractivity contribution in [2.45, 2.75) is 50.4 Å². The van der Waals surface area contributed by atoms with Gasteiger partial charge in [-0.15, -0.1) is 22.7 Å². The molecule has 34 heavy (non-hydrogen) atoms. The Bertz CT molecular complexity index is 1370. The number of para-hydroxylation sites is 1. The average molecular weight is 515 g/mol. The number of aromatic nitrogens is 2. The van der Waals surface area contributed by atoms with Gasteiger partial charge in [0.2, 0.25) is 0 Å². The highest BCUT2D eigenvalue weighted by molar-refractivity contribution is 7.94. The molecule has 6 nitrogen and oxygen atoms in total. The minimum Gasteiger partial charge on any atom is -0.351 e. The number of nitrogens with one attached hydrogen (secondary N) is 1. The van der Waals surface area contributed by atoms with Crippen LogP contribution in [0, 0.1) is 5.92 Å². The summed E-state index contributed by atoms with van der Waals surface area (Å²) in [6.45, 7) is 8.81. The molecule has 1 fully saturated rings. The predicted octanol–water partition coefficient (Wildman–Crippen LogP) is 6.19. The number of thiophene rings is 1. The SMILES string of the molecule is CCN(c1cccc2cc(-c3ncc(CN(CC(C)C)C4CC4)s3)[nH]c12)S(=O)(=O)c1cccs1. The number of rotatable bonds is 10. The molecule has 0 spiro atoms. The lowest BCUT2D eigenvalue weighted by molar-refractivity contribution is 0.228. The summed E-state index contributed by atoms with van der Waals surface area (Å²) in [5, 5.41) is 3.70. The zero-order valence-corrected chi connectivity index (χ0v) is 22.1. The maximum absolute atomic E-state index is 13.3. The van der Waals surface area contributed by atoms with E-state index in [1.54, 1.807) is 28.8 Å². The molecule has 1 saturated carbocycles. The molecule has 5 rings (SSSR count). The minimum absolute atomic E-state index is 0.349. The first-order valence-electron chi connectivity index (χ1n) is 11.7. The van der Waals surface area contributed by atoms with Gasteiger partial charge in [-0.05, 0) is 49.3 Å². The molecule has 0 atom stereocenters.